The smallest absolute Gasteiger partial charge is 0.309 e. The molecule has 0 heterocycles. The molecule has 0 radical (unpaired) electrons. The Balaban J connectivity index is 1.69. The maximum absolute atomic E-state index is 12.7. The SMILES string of the molecule is COC(=O)[C@@H]1CC[C@]2(O)[C@H]3CC[C@H]4C[C@@H](OC(C)=O)CC[C@]4(C)[C@@H]3C[C@H](OC(C)=O)[C@@]12C. The lowest BCUT2D eigenvalue weighted by molar-refractivity contribution is -0.254. The van der Waals surface area contributed by atoms with Crippen LogP contribution in [0.4, 0.5) is 0 Å². The molecule has 32 heavy (non-hydrogen) atoms. The van der Waals surface area contributed by atoms with Crippen molar-refractivity contribution < 1.29 is 33.7 Å². The second-order valence-corrected chi connectivity index (χ2v) is 11.2. The molecule has 1 N–H and O–H groups in total. The van der Waals surface area contributed by atoms with E-state index in [2.05, 4.69) is 6.92 Å². The summed E-state index contributed by atoms with van der Waals surface area (Å²) in [6.07, 6.45) is 5.51. The summed E-state index contributed by atoms with van der Waals surface area (Å²) in [6, 6.07) is 0. The van der Waals surface area contributed by atoms with E-state index in [9.17, 15) is 19.5 Å². The third-order valence-electron chi connectivity index (χ3n) is 9.99. The number of methoxy groups -OCH3 is 1. The Kier molecular flexibility index (Phi) is 5.88. The first-order valence-electron chi connectivity index (χ1n) is 12.1. The molecule has 4 fully saturated rings. The fraction of sp³-hybridized carbons (Fsp3) is 0.880. The third-order valence-corrected chi connectivity index (χ3v) is 9.99. The van der Waals surface area contributed by atoms with Crippen LogP contribution in [0, 0.1) is 34.5 Å². The van der Waals surface area contributed by atoms with Gasteiger partial charge in [-0.05, 0) is 74.5 Å². The third kappa shape index (κ3) is 3.29. The molecular formula is C25H38O7. The Morgan fingerprint density at radius 1 is 0.875 bits per heavy atom. The zero-order valence-electron chi connectivity index (χ0n) is 20.0. The van der Waals surface area contributed by atoms with E-state index in [4.69, 9.17) is 14.2 Å². The zero-order valence-corrected chi connectivity index (χ0v) is 20.0. The van der Waals surface area contributed by atoms with Gasteiger partial charge < -0.3 is 19.3 Å². The first kappa shape index (κ1) is 23.5. The van der Waals surface area contributed by atoms with Gasteiger partial charge in [-0.1, -0.05) is 13.8 Å². The fourth-order valence-corrected chi connectivity index (χ4v) is 8.38. The average molecular weight is 451 g/mol. The minimum absolute atomic E-state index is 0.0294. The quantitative estimate of drug-likeness (QED) is 0.520. The summed E-state index contributed by atoms with van der Waals surface area (Å²) in [4.78, 5) is 36.3. The highest BCUT2D eigenvalue weighted by Gasteiger charge is 2.72. The van der Waals surface area contributed by atoms with Gasteiger partial charge in [0.05, 0.1) is 18.6 Å². The second kappa shape index (κ2) is 8.00. The molecule has 4 rings (SSSR count). The summed E-state index contributed by atoms with van der Waals surface area (Å²) in [5, 5.41) is 12.3. The van der Waals surface area contributed by atoms with E-state index in [1.54, 1.807) is 0 Å². The van der Waals surface area contributed by atoms with Crippen LogP contribution in [0.25, 0.3) is 0 Å². The Hall–Kier alpha value is -1.63. The fourth-order valence-electron chi connectivity index (χ4n) is 8.38. The minimum atomic E-state index is -1.09. The van der Waals surface area contributed by atoms with Crippen LogP contribution in [0.15, 0.2) is 0 Å². The van der Waals surface area contributed by atoms with E-state index in [-0.39, 0.29) is 41.3 Å². The summed E-state index contributed by atoms with van der Waals surface area (Å²) in [5.74, 6) is -0.827. The lowest BCUT2D eigenvalue weighted by Gasteiger charge is -2.64. The number of rotatable bonds is 3. The number of hydrogen-bond acceptors (Lipinski definition) is 7. The largest absolute Gasteiger partial charge is 0.469 e. The standard InChI is InChI=1S/C25H38O7/c1-14(26)31-17-8-10-23(3)16(12-17)6-7-18-20(23)13-21(32-15(2)27)24(4)19(22(28)30-5)9-11-25(18,24)29/h16-21,29H,6-13H2,1-5H3/t16-,17-,18-,19-,20+,21-,23-,24+,25-/m0/s1. The molecule has 0 bridgehead atoms. The van der Waals surface area contributed by atoms with Gasteiger partial charge in [-0.25, -0.2) is 0 Å². The highest BCUT2D eigenvalue weighted by atomic mass is 16.6. The second-order valence-electron chi connectivity index (χ2n) is 11.2. The van der Waals surface area contributed by atoms with Gasteiger partial charge in [0.2, 0.25) is 0 Å². The van der Waals surface area contributed by atoms with Crippen LogP contribution >= 0.6 is 0 Å². The Morgan fingerprint density at radius 2 is 1.56 bits per heavy atom. The highest BCUT2D eigenvalue weighted by molar-refractivity contribution is 5.75. The van der Waals surface area contributed by atoms with E-state index < -0.39 is 23.0 Å². The number of carbonyl (C=O) groups is 3. The number of esters is 3. The molecule has 0 aromatic rings. The van der Waals surface area contributed by atoms with Gasteiger partial charge in [0, 0.05) is 19.3 Å². The molecule has 7 nitrogen and oxygen atoms in total. The van der Waals surface area contributed by atoms with Crippen molar-refractivity contribution in [1.29, 1.82) is 0 Å². The predicted molar refractivity (Wildman–Crippen MR) is 115 cm³/mol. The molecular weight excluding hydrogens is 412 g/mol. The number of hydrogen-bond donors (Lipinski definition) is 1. The first-order valence-corrected chi connectivity index (χ1v) is 12.1. The number of fused-ring (bicyclic) bond motifs is 5. The molecule has 4 aliphatic rings. The maximum atomic E-state index is 12.7. The monoisotopic (exact) mass is 450 g/mol. The van der Waals surface area contributed by atoms with Crippen LogP contribution in [0.1, 0.15) is 79.1 Å². The van der Waals surface area contributed by atoms with Gasteiger partial charge in [0.15, 0.2) is 0 Å². The van der Waals surface area contributed by atoms with Gasteiger partial charge in [-0.3, -0.25) is 14.4 Å². The van der Waals surface area contributed by atoms with Crippen molar-refractivity contribution in [3.05, 3.63) is 0 Å². The normalized spacial score (nSPS) is 47.4. The molecule has 7 heteroatoms. The van der Waals surface area contributed by atoms with Crippen LogP contribution < -0.4 is 0 Å². The first-order chi connectivity index (χ1) is 15.0. The molecule has 9 atom stereocenters. The van der Waals surface area contributed by atoms with E-state index in [0.29, 0.717) is 25.2 Å². The van der Waals surface area contributed by atoms with E-state index in [1.807, 2.05) is 6.92 Å². The molecule has 0 saturated heterocycles. The molecule has 0 spiro atoms. The molecule has 4 aliphatic carbocycles. The van der Waals surface area contributed by atoms with Crippen LogP contribution in [0.2, 0.25) is 0 Å². The summed E-state index contributed by atoms with van der Waals surface area (Å²) in [7, 11) is 1.38. The van der Waals surface area contributed by atoms with Gasteiger partial charge >= 0.3 is 17.9 Å². The Morgan fingerprint density at radius 3 is 2.19 bits per heavy atom. The van der Waals surface area contributed by atoms with Gasteiger partial charge in [-0.15, -0.1) is 0 Å². The predicted octanol–water partition coefficient (Wildman–Crippen LogP) is 3.41. The topological polar surface area (TPSA) is 99.1 Å². The Bertz CT molecular complexity index is 795. The summed E-state index contributed by atoms with van der Waals surface area (Å²) < 4.78 is 16.5. The summed E-state index contributed by atoms with van der Waals surface area (Å²) >= 11 is 0. The van der Waals surface area contributed by atoms with Crippen LogP contribution in [-0.4, -0.2) is 47.9 Å². The van der Waals surface area contributed by atoms with Crippen molar-refractivity contribution in [2.24, 2.45) is 34.5 Å². The number of carbonyl (C=O) groups excluding carboxylic acids is 3. The van der Waals surface area contributed by atoms with Crippen molar-refractivity contribution >= 4 is 17.9 Å². The molecule has 0 aromatic heterocycles. The van der Waals surface area contributed by atoms with Crippen molar-refractivity contribution in [1.82, 2.24) is 0 Å². The van der Waals surface area contributed by atoms with Crippen LogP contribution in [0.3, 0.4) is 0 Å². The molecule has 0 amide bonds. The van der Waals surface area contributed by atoms with Crippen LogP contribution in [-0.2, 0) is 28.6 Å². The van der Waals surface area contributed by atoms with Gasteiger partial charge in [0.1, 0.15) is 12.2 Å². The zero-order chi connectivity index (χ0) is 23.5. The van der Waals surface area contributed by atoms with Gasteiger partial charge in [-0.2, -0.15) is 0 Å². The Labute approximate surface area is 190 Å². The lowest BCUT2D eigenvalue weighted by atomic mass is 9.42. The summed E-state index contributed by atoms with van der Waals surface area (Å²) in [5.41, 5.74) is -1.99. The molecule has 180 valence electrons. The van der Waals surface area contributed by atoms with Crippen molar-refractivity contribution in [2.75, 3.05) is 7.11 Å². The van der Waals surface area contributed by atoms with Crippen LogP contribution in [0.5, 0.6) is 0 Å². The van der Waals surface area contributed by atoms with Gasteiger partial charge in [0.25, 0.3) is 0 Å². The van der Waals surface area contributed by atoms with Crippen molar-refractivity contribution in [3.63, 3.8) is 0 Å². The molecule has 0 unspecified atom stereocenters. The molecule has 0 aliphatic heterocycles. The molecule has 4 saturated carbocycles. The van der Waals surface area contributed by atoms with Crippen molar-refractivity contribution in [3.8, 4) is 0 Å². The highest BCUT2D eigenvalue weighted by Crippen LogP contribution is 2.69. The lowest BCUT2D eigenvalue weighted by Crippen LogP contribution is -2.68. The minimum Gasteiger partial charge on any atom is -0.469 e. The molecule has 0 aromatic carbocycles. The summed E-state index contributed by atoms with van der Waals surface area (Å²) in [6.45, 7) is 7.09. The van der Waals surface area contributed by atoms with Crippen molar-refractivity contribution in [2.45, 2.75) is 96.9 Å². The average Bonchev–Trinajstić information content (AvgIpc) is 3.00. The van der Waals surface area contributed by atoms with E-state index in [1.165, 1.54) is 21.0 Å². The number of ether oxygens (including phenoxy) is 3. The number of aliphatic hydroxyl groups is 1. The van der Waals surface area contributed by atoms with E-state index in [0.717, 1.165) is 32.1 Å². The van der Waals surface area contributed by atoms with E-state index >= 15 is 0 Å². The maximum Gasteiger partial charge on any atom is 0.309 e.